The summed E-state index contributed by atoms with van der Waals surface area (Å²) in [6.45, 7) is 7.84. The van der Waals surface area contributed by atoms with E-state index >= 15 is 0 Å². The maximum absolute atomic E-state index is 12.3. The molecule has 2 fully saturated rings. The van der Waals surface area contributed by atoms with Crippen molar-refractivity contribution < 1.29 is 4.79 Å². The van der Waals surface area contributed by atoms with E-state index in [1.54, 1.807) is 0 Å². The van der Waals surface area contributed by atoms with E-state index in [9.17, 15) is 4.79 Å². The van der Waals surface area contributed by atoms with Gasteiger partial charge in [-0.3, -0.25) is 9.69 Å². The molecule has 0 unspecified atom stereocenters. The summed E-state index contributed by atoms with van der Waals surface area (Å²) in [6, 6.07) is 8.14. The molecule has 2 heterocycles. The third-order valence-corrected chi connectivity index (χ3v) is 5.38. The van der Waals surface area contributed by atoms with Crippen molar-refractivity contribution in [2.45, 2.75) is 45.2 Å². The smallest absolute Gasteiger partial charge is 0.225 e. The molecule has 1 aromatic rings. The molecule has 1 amide bonds. The van der Waals surface area contributed by atoms with E-state index in [4.69, 9.17) is 11.6 Å². The van der Waals surface area contributed by atoms with Crippen LogP contribution in [0.2, 0.25) is 5.02 Å². The first kappa shape index (κ1) is 15.8. The van der Waals surface area contributed by atoms with E-state index in [0.29, 0.717) is 5.91 Å². The van der Waals surface area contributed by atoms with Gasteiger partial charge in [-0.25, -0.2) is 0 Å². The first-order valence-corrected chi connectivity index (χ1v) is 8.66. The van der Waals surface area contributed by atoms with Gasteiger partial charge in [-0.15, -0.1) is 0 Å². The summed E-state index contributed by atoms with van der Waals surface area (Å²) in [7, 11) is 0. The van der Waals surface area contributed by atoms with Crippen LogP contribution < -0.4 is 0 Å². The van der Waals surface area contributed by atoms with Gasteiger partial charge in [-0.1, -0.05) is 37.6 Å². The lowest BCUT2D eigenvalue weighted by Crippen LogP contribution is -2.46. The van der Waals surface area contributed by atoms with Gasteiger partial charge in [0.2, 0.25) is 5.91 Å². The van der Waals surface area contributed by atoms with E-state index in [1.165, 1.54) is 18.4 Å². The molecule has 2 aliphatic heterocycles. The minimum Gasteiger partial charge on any atom is -0.341 e. The Morgan fingerprint density at radius 1 is 1.32 bits per heavy atom. The first-order valence-electron chi connectivity index (χ1n) is 8.28. The first-order chi connectivity index (χ1) is 10.5. The predicted octanol–water partition coefficient (Wildman–Crippen LogP) is 3.56. The van der Waals surface area contributed by atoms with Crippen LogP contribution in [0.25, 0.3) is 0 Å². The standard InChI is InChI=1S/C18H25ClN2O/c1-14(2)17(22)20-10-8-18(13-20)7-4-9-21(18)12-15-5-3-6-16(19)11-15/h3,5-6,11,14H,4,7-10,12-13H2,1-2H3/t18-/m0/s1. The molecular formula is C18H25ClN2O. The number of likely N-dealkylation sites (tertiary alicyclic amines) is 2. The number of carbonyl (C=O) groups excluding carboxylic acids is 1. The normalized spacial score (nSPS) is 25.5. The minimum absolute atomic E-state index is 0.0953. The Morgan fingerprint density at radius 2 is 2.14 bits per heavy atom. The van der Waals surface area contributed by atoms with Gasteiger partial charge < -0.3 is 4.90 Å². The summed E-state index contributed by atoms with van der Waals surface area (Å²) in [5.74, 6) is 0.393. The third-order valence-electron chi connectivity index (χ3n) is 5.14. The molecule has 0 saturated carbocycles. The predicted molar refractivity (Wildman–Crippen MR) is 89.9 cm³/mol. The number of halogens is 1. The van der Waals surface area contributed by atoms with Gasteiger partial charge in [-0.2, -0.15) is 0 Å². The lowest BCUT2D eigenvalue weighted by atomic mass is 9.94. The Kier molecular flexibility index (Phi) is 4.47. The molecule has 1 spiro atoms. The molecule has 4 heteroatoms. The number of hydrogen-bond acceptors (Lipinski definition) is 2. The average Bonchev–Trinajstić information content (AvgIpc) is 3.07. The molecular weight excluding hydrogens is 296 g/mol. The van der Waals surface area contributed by atoms with Gasteiger partial charge in [0.1, 0.15) is 0 Å². The highest BCUT2D eigenvalue weighted by Crippen LogP contribution is 2.39. The zero-order chi connectivity index (χ0) is 15.7. The number of nitrogens with zero attached hydrogens (tertiary/aromatic N) is 2. The lowest BCUT2D eigenvalue weighted by molar-refractivity contribution is -0.133. The van der Waals surface area contributed by atoms with Crippen molar-refractivity contribution in [2.24, 2.45) is 5.92 Å². The van der Waals surface area contributed by atoms with Crippen LogP contribution in [0.4, 0.5) is 0 Å². The maximum Gasteiger partial charge on any atom is 0.225 e. The summed E-state index contributed by atoms with van der Waals surface area (Å²) < 4.78 is 0. The van der Waals surface area contributed by atoms with Crippen molar-refractivity contribution >= 4 is 17.5 Å². The maximum atomic E-state index is 12.3. The van der Waals surface area contributed by atoms with E-state index in [2.05, 4.69) is 21.9 Å². The van der Waals surface area contributed by atoms with E-state index in [0.717, 1.165) is 37.6 Å². The van der Waals surface area contributed by atoms with Crippen molar-refractivity contribution in [1.29, 1.82) is 0 Å². The van der Waals surface area contributed by atoms with Crippen LogP contribution in [-0.4, -0.2) is 40.9 Å². The number of hydrogen-bond donors (Lipinski definition) is 0. The zero-order valence-electron chi connectivity index (χ0n) is 13.5. The highest BCUT2D eigenvalue weighted by Gasteiger charge is 2.47. The molecule has 2 aliphatic rings. The van der Waals surface area contributed by atoms with Gasteiger partial charge in [0.25, 0.3) is 0 Å². The molecule has 1 atom stereocenters. The molecule has 3 rings (SSSR count). The Morgan fingerprint density at radius 3 is 2.86 bits per heavy atom. The van der Waals surface area contributed by atoms with E-state index in [-0.39, 0.29) is 11.5 Å². The minimum atomic E-state index is 0.0953. The fraction of sp³-hybridized carbons (Fsp3) is 0.611. The van der Waals surface area contributed by atoms with Crippen molar-refractivity contribution in [3.63, 3.8) is 0 Å². The molecule has 0 aliphatic carbocycles. The molecule has 0 bridgehead atoms. The Hall–Kier alpha value is -1.06. The fourth-order valence-electron chi connectivity index (χ4n) is 3.97. The molecule has 2 saturated heterocycles. The Balaban J connectivity index is 1.72. The molecule has 3 nitrogen and oxygen atoms in total. The summed E-state index contributed by atoms with van der Waals surface area (Å²) in [6.07, 6.45) is 3.53. The van der Waals surface area contributed by atoms with Crippen molar-refractivity contribution in [3.05, 3.63) is 34.9 Å². The topological polar surface area (TPSA) is 23.6 Å². The summed E-state index contributed by atoms with van der Waals surface area (Å²) in [4.78, 5) is 16.9. The van der Waals surface area contributed by atoms with E-state index < -0.39 is 0 Å². The van der Waals surface area contributed by atoms with Crippen LogP contribution >= 0.6 is 11.6 Å². The molecule has 0 N–H and O–H groups in total. The van der Waals surface area contributed by atoms with Crippen LogP contribution in [0.5, 0.6) is 0 Å². The zero-order valence-corrected chi connectivity index (χ0v) is 14.3. The van der Waals surface area contributed by atoms with Crippen LogP contribution in [0, 0.1) is 5.92 Å². The van der Waals surface area contributed by atoms with Crippen LogP contribution in [0.3, 0.4) is 0 Å². The number of rotatable bonds is 3. The van der Waals surface area contributed by atoms with Gasteiger partial charge in [-0.05, 0) is 43.5 Å². The SMILES string of the molecule is CC(C)C(=O)N1CC[C@@]2(CCCN2Cc2cccc(Cl)c2)C1. The molecule has 1 aromatic carbocycles. The van der Waals surface area contributed by atoms with Gasteiger partial charge in [0.15, 0.2) is 0 Å². The number of benzene rings is 1. The Bertz CT molecular complexity index is 560. The molecule has 120 valence electrons. The second kappa shape index (κ2) is 6.21. The van der Waals surface area contributed by atoms with Crippen molar-refractivity contribution in [1.82, 2.24) is 9.80 Å². The van der Waals surface area contributed by atoms with Gasteiger partial charge >= 0.3 is 0 Å². The second-order valence-electron chi connectivity index (χ2n) is 7.04. The molecule has 0 aromatic heterocycles. The second-order valence-corrected chi connectivity index (χ2v) is 7.48. The quantitative estimate of drug-likeness (QED) is 0.850. The number of amides is 1. The lowest BCUT2D eigenvalue weighted by Gasteiger charge is -2.35. The fourth-order valence-corrected chi connectivity index (χ4v) is 4.18. The van der Waals surface area contributed by atoms with Gasteiger partial charge in [0.05, 0.1) is 0 Å². The largest absolute Gasteiger partial charge is 0.341 e. The van der Waals surface area contributed by atoms with Crippen LogP contribution in [-0.2, 0) is 11.3 Å². The van der Waals surface area contributed by atoms with Crippen LogP contribution in [0.1, 0.15) is 38.7 Å². The molecule has 22 heavy (non-hydrogen) atoms. The van der Waals surface area contributed by atoms with Gasteiger partial charge in [0, 0.05) is 36.1 Å². The van der Waals surface area contributed by atoms with Crippen molar-refractivity contribution in [2.75, 3.05) is 19.6 Å². The Labute approximate surface area is 138 Å². The monoisotopic (exact) mass is 320 g/mol. The highest BCUT2D eigenvalue weighted by molar-refractivity contribution is 6.30. The third kappa shape index (κ3) is 3.02. The molecule has 0 radical (unpaired) electrons. The van der Waals surface area contributed by atoms with Crippen LogP contribution in [0.15, 0.2) is 24.3 Å². The summed E-state index contributed by atoms with van der Waals surface area (Å²) >= 11 is 6.11. The highest BCUT2D eigenvalue weighted by atomic mass is 35.5. The summed E-state index contributed by atoms with van der Waals surface area (Å²) in [5.41, 5.74) is 1.45. The summed E-state index contributed by atoms with van der Waals surface area (Å²) in [5, 5.41) is 0.800. The van der Waals surface area contributed by atoms with Crippen molar-refractivity contribution in [3.8, 4) is 0 Å². The average molecular weight is 321 g/mol. The number of carbonyl (C=O) groups is 1. The van der Waals surface area contributed by atoms with E-state index in [1.807, 2.05) is 26.0 Å².